The van der Waals surface area contributed by atoms with Crippen molar-refractivity contribution in [3.8, 4) is 0 Å². The van der Waals surface area contributed by atoms with Gasteiger partial charge >= 0.3 is 0 Å². The molecule has 1 fully saturated rings. The molecule has 0 N–H and O–H groups in total. The highest BCUT2D eigenvalue weighted by atomic mass is 16.3. The molecule has 0 spiro atoms. The maximum atomic E-state index is 11.0. The molecule has 0 unspecified atom stereocenters. The maximum absolute atomic E-state index is 11.0. The largest absolute Gasteiger partial charge is 0.472 e. The monoisotopic (exact) mass is 164 g/mol. The molecule has 64 valence electrons. The minimum Gasteiger partial charge on any atom is -0.472 e. The van der Waals surface area contributed by atoms with Crippen molar-refractivity contribution in [1.29, 1.82) is 0 Å². The van der Waals surface area contributed by atoms with Gasteiger partial charge in [-0.2, -0.15) is 0 Å². The second kappa shape index (κ2) is 3.13. The normalized spacial score (nSPS) is 19.8. The molecule has 1 aromatic rings. The summed E-state index contributed by atoms with van der Waals surface area (Å²) in [7, 11) is 0. The minimum absolute atomic E-state index is 0.412. The molecule has 1 aliphatic carbocycles. The van der Waals surface area contributed by atoms with Crippen molar-refractivity contribution >= 4 is 5.78 Å². The van der Waals surface area contributed by atoms with E-state index in [1.165, 1.54) is 5.56 Å². The lowest BCUT2D eigenvalue weighted by atomic mass is 9.85. The van der Waals surface area contributed by atoms with Gasteiger partial charge < -0.3 is 4.42 Å². The van der Waals surface area contributed by atoms with Gasteiger partial charge in [0.15, 0.2) is 0 Å². The molecule has 0 saturated heterocycles. The highest BCUT2D eigenvalue weighted by Crippen LogP contribution is 2.30. The molecule has 12 heavy (non-hydrogen) atoms. The van der Waals surface area contributed by atoms with E-state index in [0.717, 1.165) is 25.7 Å². The zero-order valence-electron chi connectivity index (χ0n) is 6.95. The molecular weight excluding hydrogens is 152 g/mol. The average Bonchev–Trinajstić information content (AvgIpc) is 2.58. The lowest BCUT2D eigenvalue weighted by Crippen LogP contribution is -2.11. The van der Waals surface area contributed by atoms with Crippen molar-refractivity contribution in [1.82, 2.24) is 0 Å². The highest BCUT2D eigenvalue weighted by molar-refractivity contribution is 5.79. The fraction of sp³-hybridized carbons (Fsp3) is 0.500. The predicted molar refractivity (Wildman–Crippen MR) is 44.9 cm³/mol. The Kier molecular flexibility index (Phi) is 1.98. The van der Waals surface area contributed by atoms with Crippen LogP contribution in [0.3, 0.4) is 0 Å². The average molecular weight is 164 g/mol. The second-order valence-corrected chi connectivity index (χ2v) is 3.37. The molecule has 0 aliphatic heterocycles. The van der Waals surface area contributed by atoms with Gasteiger partial charge in [-0.1, -0.05) is 0 Å². The molecule has 0 atom stereocenters. The topological polar surface area (TPSA) is 30.2 Å². The smallest absolute Gasteiger partial charge is 0.132 e. The first-order valence-electron chi connectivity index (χ1n) is 4.40. The zero-order valence-corrected chi connectivity index (χ0v) is 6.95. The van der Waals surface area contributed by atoms with Crippen LogP contribution in [0.4, 0.5) is 0 Å². The van der Waals surface area contributed by atoms with Crippen LogP contribution in [0.1, 0.15) is 37.2 Å². The van der Waals surface area contributed by atoms with Crippen LogP contribution in [0.5, 0.6) is 0 Å². The summed E-state index contributed by atoms with van der Waals surface area (Å²) in [4.78, 5) is 11.0. The van der Waals surface area contributed by atoms with Gasteiger partial charge in [0.05, 0.1) is 12.5 Å². The van der Waals surface area contributed by atoms with Crippen LogP contribution >= 0.6 is 0 Å². The Morgan fingerprint density at radius 2 is 2.08 bits per heavy atom. The van der Waals surface area contributed by atoms with E-state index in [2.05, 4.69) is 0 Å². The lowest BCUT2D eigenvalue weighted by molar-refractivity contribution is -0.120. The first kappa shape index (κ1) is 7.59. The number of ketones is 1. The fourth-order valence-corrected chi connectivity index (χ4v) is 1.78. The van der Waals surface area contributed by atoms with Gasteiger partial charge in [-0.25, -0.2) is 0 Å². The molecule has 1 heterocycles. The Hall–Kier alpha value is -1.05. The Morgan fingerprint density at radius 1 is 1.33 bits per heavy atom. The molecule has 0 radical (unpaired) electrons. The van der Waals surface area contributed by atoms with Crippen LogP contribution in [-0.4, -0.2) is 5.78 Å². The summed E-state index contributed by atoms with van der Waals surface area (Å²) in [5.41, 5.74) is 1.25. The molecule has 2 nitrogen and oxygen atoms in total. The van der Waals surface area contributed by atoms with E-state index in [-0.39, 0.29) is 0 Å². The molecule has 0 aromatic carbocycles. The molecule has 0 amide bonds. The number of carbonyl (C=O) groups excluding carboxylic acids is 1. The molecule has 1 aromatic heterocycles. The summed E-state index contributed by atoms with van der Waals surface area (Å²) in [5, 5.41) is 0. The maximum Gasteiger partial charge on any atom is 0.132 e. The van der Waals surface area contributed by atoms with Gasteiger partial charge in [0.25, 0.3) is 0 Å². The summed E-state index contributed by atoms with van der Waals surface area (Å²) < 4.78 is 5.01. The summed E-state index contributed by atoms with van der Waals surface area (Å²) in [6.07, 6.45) is 6.98. The van der Waals surface area contributed by atoms with Crippen LogP contribution in [0.2, 0.25) is 0 Å². The third-order valence-electron chi connectivity index (χ3n) is 2.56. The molecule has 0 bridgehead atoms. The van der Waals surface area contributed by atoms with Gasteiger partial charge in [0.1, 0.15) is 5.78 Å². The van der Waals surface area contributed by atoms with E-state index in [1.54, 1.807) is 12.5 Å². The fourth-order valence-electron chi connectivity index (χ4n) is 1.78. The summed E-state index contributed by atoms with van der Waals surface area (Å²) in [6, 6.07) is 2.00. The first-order valence-corrected chi connectivity index (χ1v) is 4.40. The van der Waals surface area contributed by atoms with Gasteiger partial charge in [-0.15, -0.1) is 0 Å². The molecule has 1 saturated carbocycles. The van der Waals surface area contributed by atoms with Crippen molar-refractivity contribution < 1.29 is 9.21 Å². The van der Waals surface area contributed by atoms with Crippen molar-refractivity contribution in [3.63, 3.8) is 0 Å². The number of Topliss-reactive ketones (excluding diaryl/α,β-unsaturated/α-hetero) is 1. The zero-order chi connectivity index (χ0) is 8.39. The Labute approximate surface area is 71.6 Å². The Balaban J connectivity index is 2.03. The van der Waals surface area contributed by atoms with Crippen LogP contribution in [0.25, 0.3) is 0 Å². The molecule has 2 rings (SSSR count). The molecular formula is C10H12O2. The van der Waals surface area contributed by atoms with Crippen LogP contribution < -0.4 is 0 Å². The summed E-state index contributed by atoms with van der Waals surface area (Å²) in [6.45, 7) is 0. The van der Waals surface area contributed by atoms with Gasteiger partial charge in [-0.05, 0) is 30.4 Å². The third kappa shape index (κ3) is 1.42. The third-order valence-corrected chi connectivity index (χ3v) is 2.56. The first-order chi connectivity index (χ1) is 5.86. The van der Waals surface area contributed by atoms with Gasteiger partial charge in [-0.3, -0.25) is 4.79 Å². The lowest BCUT2D eigenvalue weighted by Gasteiger charge is -2.18. The number of hydrogen-bond acceptors (Lipinski definition) is 2. The van der Waals surface area contributed by atoms with Crippen molar-refractivity contribution in [2.75, 3.05) is 0 Å². The van der Waals surface area contributed by atoms with Crippen molar-refractivity contribution in [2.24, 2.45) is 0 Å². The van der Waals surface area contributed by atoms with Gasteiger partial charge in [0.2, 0.25) is 0 Å². The highest BCUT2D eigenvalue weighted by Gasteiger charge is 2.20. The molecule has 1 aliphatic rings. The van der Waals surface area contributed by atoms with E-state index in [1.807, 2.05) is 6.07 Å². The van der Waals surface area contributed by atoms with E-state index >= 15 is 0 Å². The predicted octanol–water partition coefficient (Wildman–Crippen LogP) is 2.51. The summed E-state index contributed by atoms with van der Waals surface area (Å²) in [5.74, 6) is 0.969. The van der Waals surface area contributed by atoms with Crippen LogP contribution in [-0.2, 0) is 4.79 Å². The Bertz CT molecular complexity index is 251. The molecule has 2 heteroatoms. The number of hydrogen-bond donors (Lipinski definition) is 0. The van der Waals surface area contributed by atoms with E-state index < -0.39 is 0 Å². The van der Waals surface area contributed by atoms with Crippen LogP contribution in [0.15, 0.2) is 23.0 Å². The van der Waals surface area contributed by atoms with Crippen molar-refractivity contribution in [2.45, 2.75) is 31.6 Å². The Morgan fingerprint density at radius 3 is 2.67 bits per heavy atom. The standard InChI is InChI=1S/C10H12O2/c11-10-3-1-8(2-4-10)9-5-6-12-7-9/h5-8H,1-4H2. The second-order valence-electron chi connectivity index (χ2n) is 3.37. The number of rotatable bonds is 1. The van der Waals surface area contributed by atoms with Gasteiger partial charge in [0, 0.05) is 12.8 Å². The van der Waals surface area contributed by atoms with E-state index in [0.29, 0.717) is 11.7 Å². The quantitative estimate of drug-likeness (QED) is 0.638. The summed E-state index contributed by atoms with van der Waals surface area (Å²) >= 11 is 0. The van der Waals surface area contributed by atoms with E-state index in [4.69, 9.17) is 4.42 Å². The SMILES string of the molecule is O=C1CCC(c2ccoc2)CC1. The number of carbonyl (C=O) groups is 1. The minimum atomic E-state index is 0.412. The number of furan rings is 1. The van der Waals surface area contributed by atoms with Crippen LogP contribution in [0, 0.1) is 0 Å². The van der Waals surface area contributed by atoms with E-state index in [9.17, 15) is 4.79 Å². The van der Waals surface area contributed by atoms with Crippen molar-refractivity contribution in [3.05, 3.63) is 24.2 Å².